The minimum Gasteiger partial charge on any atom is -0.379 e. The normalized spacial score (nSPS) is 26.0. The standard InChI is InChI=1S/C20H42N6O2/c1-3-8-26(24-13-17-28-18-14-24)20(21,19-22-11-15-27-16-12-22)25(4-2)23-9-6-5-7-10-23/h3-19,21H2,1-2H3. The van der Waals surface area contributed by atoms with Crippen molar-refractivity contribution < 1.29 is 9.47 Å². The molecule has 0 amide bonds. The van der Waals surface area contributed by atoms with Crippen LogP contribution in [0.15, 0.2) is 0 Å². The van der Waals surface area contributed by atoms with Gasteiger partial charge in [-0.3, -0.25) is 10.6 Å². The second-order valence-electron chi connectivity index (χ2n) is 8.19. The Bertz CT molecular complexity index is 438. The molecule has 0 aromatic rings. The molecule has 2 N–H and O–H groups in total. The molecular weight excluding hydrogens is 356 g/mol. The first-order valence-electron chi connectivity index (χ1n) is 11.4. The van der Waals surface area contributed by atoms with E-state index in [-0.39, 0.29) is 0 Å². The van der Waals surface area contributed by atoms with Crippen LogP contribution in [0.3, 0.4) is 0 Å². The van der Waals surface area contributed by atoms with E-state index in [4.69, 9.17) is 15.2 Å². The molecule has 0 bridgehead atoms. The van der Waals surface area contributed by atoms with Crippen molar-refractivity contribution in [3.8, 4) is 0 Å². The second-order valence-corrected chi connectivity index (χ2v) is 8.19. The molecule has 3 aliphatic rings. The van der Waals surface area contributed by atoms with E-state index in [1.54, 1.807) is 0 Å². The second kappa shape index (κ2) is 11.2. The first-order chi connectivity index (χ1) is 13.7. The lowest BCUT2D eigenvalue weighted by molar-refractivity contribution is -0.258. The van der Waals surface area contributed by atoms with Crippen LogP contribution in [0.2, 0.25) is 0 Å². The molecule has 3 heterocycles. The Hall–Kier alpha value is -0.320. The molecule has 1 unspecified atom stereocenters. The number of likely N-dealkylation sites (N-methyl/N-ethyl adjacent to an activating group) is 1. The van der Waals surface area contributed by atoms with Crippen LogP contribution in [0, 0.1) is 0 Å². The lowest BCUT2D eigenvalue weighted by Gasteiger charge is -2.57. The Morgan fingerprint density at radius 1 is 0.786 bits per heavy atom. The molecular formula is C20H42N6O2. The topological polar surface area (TPSA) is 60.7 Å². The summed E-state index contributed by atoms with van der Waals surface area (Å²) < 4.78 is 11.2. The van der Waals surface area contributed by atoms with Crippen molar-refractivity contribution >= 4 is 0 Å². The van der Waals surface area contributed by atoms with E-state index < -0.39 is 5.79 Å². The average Bonchev–Trinajstić information content (AvgIpc) is 2.74. The van der Waals surface area contributed by atoms with Gasteiger partial charge >= 0.3 is 0 Å². The minimum absolute atomic E-state index is 0.559. The summed E-state index contributed by atoms with van der Waals surface area (Å²) in [4.78, 5) is 2.49. The van der Waals surface area contributed by atoms with Gasteiger partial charge in [0.25, 0.3) is 0 Å². The van der Waals surface area contributed by atoms with Crippen LogP contribution >= 0.6 is 0 Å². The predicted molar refractivity (Wildman–Crippen MR) is 111 cm³/mol. The number of hydrazine groups is 2. The van der Waals surface area contributed by atoms with Crippen molar-refractivity contribution in [1.29, 1.82) is 0 Å². The highest BCUT2D eigenvalue weighted by molar-refractivity contribution is 4.88. The van der Waals surface area contributed by atoms with E-state index in [0.717, 1.165) is 91.8 Å². The van der Waals surface area contributed by atoms with Gasteiger partial charge in [0.1, 0.15) is 0 Å². The van der Waals surface area contributed by atoms with Crippen molar-refractivity contribution in [2.24, 2.45) is 5.73 Å². The number of nitrogens with two attached hydrogens (primary N) is 1. The van der Waals surface area contributed by atoms with Gasteiger partial charge in [0.2, 0.25) is 0 Å². The van der Waals surface area contributed by atoms with Gasteiger partial charge in [-0.05, 0) is 19.3 Å². The van der Waals surface area contributed by atoms with Crippen LogP contribution in [0.5, 0.6) is 0 Å². The van der Waals surface area contributed by atoms with Crippen LogP contribution in [0.4, 0.5) is 0 Å². The number of rotatable bonds is 9. The summed E-state index contributed by atoms with van der Waals surface area (Å²) in [6, 6.07) is 0. The summed E-state index contributed by atoms with van der Waals surface area (Å²) >= 11 is 0. The van der Waals surface area contributed by atoms with E-state index in [1.165, 1.54) is 19.3 Å². The zero-order valence-electron chi connectivity index (χ0n) is 18.2. The van der Waals surface area contributed by atoms with Crippen LogP contribution in [0.1, 0.15) is 39.5 Å². The van der Waals surface area contributed by atoms with Gasteiger partial charge in [-0.2, -0.15) is 0 Å². The summed E-state index contributed by atoms with van der Waals surface area (Å²) in [6.07, 6.45) is 4.93. The molecule has 0 aromatic carbocycles. The highest BCUT2D eigenvalue weighted by Gasteiger charge is 2.45. The maximum atomic E-state index is 7.42. The summed E-state index contributed by atoms with van der Waals surface area (Å²) in [7, 11) is 0. The first kappa shape index (κ1) is 22.4. The maximum absolute atomic E-state index is 7.42. The molecule has 0 radical (unpaired) electrons. The fourth-order valence-corrected chi connectivity index (χ4v) is 4.81. The van der Waals surface area contributed by atoms with E-state index in [1.807, 2.05) is 0 Å². The van der Waals surface area contributed by atoms with Crippen molar-refractivity contribution in [3.05, 3.63) is 0 Å². The Morgan fingerprint density at radius 2 is 1.36 bits per heavy atom. The van der Waals surface area contributed by atoms with Gasteiger partial charge in [-0.15, -0.1) is 0 Å². The lowest BCUT2D eigenvalue weighted by atomic mass is 10.1. The molecule has 28 heavy (non-hydrogen) atoms. The molecule has 0 aromatic heterocycles. The molecule has 0 aliphatic carbocycles. The zero-order chi connectivity index (χ0) is 19.8. The average molecular weight is 399 g/mol. The number of piperidine rings is 1. The Balaban J connectivity index is 1.87. The van der Waals surface area contributed by atoms with E-state index in [2.05, 4.69) is 38.8 Å². The van der Waals surface area contributed by atoms with Gasteiger partial charge in [0.05, 0.1) is 26.4 Å². The number of morpholine rings is 2. The number of ether oxygens (including phenoxy) is 2. The molecule has 8 heteroatoms. The van der Waals surface area contributed by atoms with Crippen molar-refractivity contribution in [1.82, 2.24) is 24.9 Å². The quantitative estimate of drug-likeness (QED) is 0.567. The van der Waals surface area contributed by atoms with Crippen LogP contribution in [-0.4, -0.2) is 116 Å². The molecule has 0 spiro atoms. The largest absolute Gasteiger partial charge is 0.379 e. The van der Waals surface area contributed by atoms with Gasteiger partial charge in [-0.1, -0.05) is 20.3 Å². The van der Waals surface area contributed by atoms with Crippen LogP contribution < -0.4 is 5.73 Å². The summed E-state index contributed by atoms with van der Waals surface area (Å²) in [5, 5.41) is 9.89. The maximum Gasteiger partial charge on any atom is 0.164 e. The van der Waals surface area contributed by atoms with E-state index in [0.29, 0.717) is 0 Å². The van der Waals surface area contributed by atoms with Crippen molar-refractivity contribution in [2.45, 2.75) is 45.3 Å². The monoisotopic (exact) mass is 398 g/mol. The third-order valence-corrected chi connectivity index (χ3v) is 6.19. The van der Waals surface area contributed by atoms with Gasteiger partial charge < -0.3 is 9.47 Å². The Morgan fingerprint density at radius 3 is 1.93 bits per heavy atom. The molecule has 8 nitrogen and oxygen atoms in total. The number of hydrogen-bond donors (Lipinski definition) is 1. The lowest BCUT2D eigenvalue weighted by Crippen LogP contribution is -2.78. The Kier molecular flexibility index (Phi) is 8.93. The van der Waals surface area contributed by atoms with Crippen LogP contribution in [0.25, 0.3) is 0 Å². The van der Waals surface area contributed by atoms with E-state index >= 15 is 0 Å². The van der Waals surface area contributed by atoms with Crippen molar-refractivity contribution in [2.75, 3.05) is 85.3 Å². The van der Waals surface area contributed by atoms with Gasteiger partial charge in [-0.25, -0.2) is 20.0 Å². The fraction of sp³-hybridized carbons (Fsp3) is 1.00. The fourth-order valence-electron chi connectivity index (χ4n) is 4.81. The first-order valence-corrected chi connectivity index (χ1v) is 11.4. The minimum atomic E-state index is -0.559. The third kappa shape index (κ3) is 5.43. The van der Waals surface area contributed by atoms with Crippen LogP contribution in [-0.2, 0) is 9.47 Å². The molecule has 3 fully saturated rings. The molecule has 1 atom stereocenters. The summed E-state index contributed by atoms with van der Waals surface area (Å²) in [5.74, 6) is -0.559. The SMILES string of the molecule is CCCN(N1CCOCC1)C(N)(CN1CCOCC1)N(CC)N1CCCCC1. The molecule has 164 valence electrons. The number of hydrogen-bond acceptors (Lipinski definition) is 8. The van der Waals surface area contributed by atoms with E-state index in [9.17, 15) is 0 Å². The van der Waals surface area contributed by atoms with Gasteiger partial charge in [0, 0.05) is 58.9 Å². The smallest absolute Gasteiger partial charge is 0.164 e. The van der Waals surface area contributed by atoms with Gasteiger partial charge in [0.15, 0.2) is 5.79 Å². The summed E-state index contributed by atoms with van der Waals surface area (Å²) in [6.45, 7) is 16.4. The Labute approximate surface area is 171 Å². The summed E-state index contributed by atoms with van der Waals surface area (Å²) in [5.41, 5.74) is 7.42. The number of nitrogens with zero attached hydrogens (tertiary/aromatic N) is 5. The molecule has 3 rings (SSSR count). The van der Waals surface area contributed by atoms with Crippen molar-refractivity contribution in [3.63, 3.8) is 0 Å². The highest BCUT2D eigenvalue weighted by atomic mass is 16.5. The molecule has 0 saturated carbocycles. The molecule has 3 aliphatic heterocycles. The third-order valence-electron chi connectivity index (χ3n) is 6.19. The predicted octanol–water partition coefficient (Wildman–Crippen LogP) is 0.613. The zero-order valence-corrected chi connectivity index (χ0v) is 18.2. The highest BCUT2D eigenvalue weighted by Crippen LogP contribution is 2.25. The molecule has 3 saturated heterocycles.